The van der Waals surface area contributed by atoms with Crippen molar-refractivity contribution in [3.05, 3.63) is 88.4 Å². The molecular weight excluding hydrogens is 448 g/mol. The largest absolute Gasteiger partial charge is 0.493 e. The molecule has 1 unspecified atom stereocenters. The zero-order valence-corrected chi connectivity index (χ0v) is 19.5. The van der Waals surface area contributed by atoms with E-state index in [9.17, 15) is 8.42 Å². The molecule has 0 bridgehead atoms. The van der Waals surface area contributed by atoms with Crippen LogP contribution in [0.5, 0.6) is 11.5 Å². The van der Waals surface area contributed by atoms with Crippen LogP contribution in [-0.2, 0) is 10.0 Å². The Bertz CT molecular complexity index is 1270. The van der Waals surface area contributed by atoms with E-state index in [-0.39, 0.29) is 4.90 Å². The fourth-order valence-electron chi connectivity index (χ4n) is 3.78. The van der Waals surface area contributed by atoms with Crippen LogP contribution in [0.15, 0.2) is 76.7 Å². The van der Waals surface area contributed by atoms with Crippen molar-refractivity contribution in [3.63, 3.8) is 0 Å². The molecule has 166 valence electrons. The molecule has 3 aromatic carbocycles. The van der Waals surface area contributed by atoms with E-state index in [1.165, 1.54) is 4.41 Å². The Kier molecular flexibility index (Phi) is 6.13. The summed E-state index contributed by atoms with van der Waals surface area (Å²) in [4.78, 5) is 0.233. The van der Waals surface area contributed by atoms with Gasteiger partial charge in [-0.15, -0.1) is 0 Å². The highest BCUT2D eigenvalue weighted by atomic mass is 35.5. The van der Waals surface area contributed by atoms with Crippen LogP contribution in [-0.4, -0.2) is 32.8 Å². The van der Waals surface area contributed by atoms with Gasteiger partial charge in [0.1, 0.15) is 0 Å². The standard InChI is InChI=1S/C24H23ClN2O4S/c1-16-6-4-5-7-24(16)32(28,29)27-21(17-8-11-19(25)12-9-17)15-20(26-27)18-10-13-22(30-2)23(14-18)31-3/h4-14,21H,15H2,1-3H3. The van der Waals surface area contributed by atoms with Gasteiger partial charge < -0.3 is 9.47 Å². The molecule has 0 fully saturated rings. The van der Waals surface area contributed by atoms with Crippen LogP contribution in [0.1, 0.15) is 29.2 Å². The lowest BCUT2D eigenvalue weighted by Crippen LogP contribution is -2.27. The normalized spacial score (nSPS) is 16.1. The second-order valence-corrected chi connectivity index (χ2v) is 9.63. The van der Waals surface area contributed by atoms with Crippen LogP contribution < -0.4 is 9.47 Å². The predicted octanol–water partition coefficient (Wildman–Crippen LogP) is 5.21. The molecule has 0 radical (unpaired) electrons. The molecule has 0 spiro atoms. The number of methoxy groups -OCH3 is 2. The first-order valence-corrected chi connectivity index (χ1v) is 11.8. The molecule has 0 aliphatic carbocycles. The summed E-state index contributed by atoms with van der Waals surface area (Å²) in [6.45, 7) is 1.78. The maximum Gasteiger partial charge on any atom is 0.279 e. The topological polar surface area (TPSA) is 68.2 Å². The van der Waals surface area contributed by atoms with E-state index in [4.69, 9.17) is 21.1 Å². The molecule has 0 amide bonds. The lowest BCUT2D eigenvalue weighted by molar-refractivity contribution is 0.355. The van der Waals surface area contributed by atoms with E-state index in [1.807, 2.05) is 24.3 Å². The van der Waals surface area contributed by atoms with E-state index in [1.54, 1.807) is 63.6 Å². The number of nitrogens with zero attached hydrogens (tertiary/aromatic N) is 2. The summed E-state index contributed by atoms with van der Waals surface area (Å²) in [7, 11) is -0.763. The number of hydrogen-bond acceptors (Lipinski definition) is 5. The summed E-state index contributed by atoms with van der Waals surface area (Å²) in [5, 5.41) is 5.18. The van der Waals surface area contributed by atoms with Gasteiger partial charge >= 0.3 is 0 Å². The van der Waals surface area contributed by atoms with Gasteiger partial charge in [-0.1, -0.05) is 41.9 Å². The number of halogens is 1. The van der Waals surface area contributed by atoms with Crippen LogP contribution in [0, 0.1) is 6.92 Å². The number of benzene rings is 3. The van der Waals surface area contributed by atoms with Crippen molar-refractivity contribution >= 4 is 27.3 Å². The molecule has 32 heavy (non-hydrogen) atoms. The molecule has 0 saturated heterocycles. The molecular formula is C24H23ClN2O4S. The van der Waals surface area contributed by atoms with E-state index in [2.05, 4.69) is 5.10 Å². The maximum absolute atomic E-state index is 13.7. The Hall–Kier alpha value is -3.03. The molecule has 1 aliphatic heterocycles. The highest BCUT2D eigenvalue weighted by Crippen LogP contribution is 2.39. The lowest BCUT2D eigenvalue weighted by Gasteiger charge is -2.24. The third-order valence-electron chi connectivity index (χ3n) is 5.46. The zero-order chi connectivity index (χ0) is 22.9. The van der Waals surface area contributed by atoms with Crippen molar-refractivity contribution < 1.29 is 17.9 Å². The fourth-order valence-corrected chi connectivity index (χ4v) is 5.57. The highest BCUT2D eigenvalue weighted by Gasteiger charge is 2.38. The van der Waals surface area contributed by atoms with E-state index < -0.39 is 16.1 Å². The van der Waals surface area contributed by atoms with Gasteiger partial charge in [0.15, 0.2) is 11.5 Å². The number of hydrazone groups is 1. The summed E-state index contributed by atoms with van der Waals surface area (Å²) < 4.78 is 39.3. The smallest absolute Gasteiger partial charge is 0.279 e. The summed E-state index contributed by atoms with van der Waals surface area (Å²) >= 11 is 6.06. The first-order chi connectivity index (χ1) is 15.3. The van der Waals surface area contributed by atoms with Gasteiger partial charge in [-0.25, -0.2) is 0 Å². The Morgan fingerprint density at radius 3 is 2.31 bits per heavy atom. The van der Waals surface area contributed by atoms with Crippen LogP contribution in [0.25, 0.3) is 0 Å². The number of rotatable bonds is 6. The van der Waals surface area contributed by atoms with Crippen molar-refractivity contribution in [1.82, 2.24) is 4.41 Å². The van der Waals surface area contributed by atoms with Gasteiger partial charge in [-0.2, -0.15) is 17.9 Å². The third-order valence-corrected chi connectivity index (χ3v) is 7.56. The zero-order valence-electron chi connectivity index (χ0n) is 17.9. The molecule has 0 N–H and O–H groups in total. The minimum absolute atomic E-state index is 0.233. The first kappa shape index (κ1) is 22.2. The molecule has 0 aromatic heterocycles. The van der Waals surface area contributed by atoms with Gasteiger partial charge in [-0.3, -0.25) is 0 Å². The lowest BCUT2D eigenvalue weighted by atomic mass is 9.99. The average Bonchev–Trinajstić information content (AvgIpc) is 3.25. The molecule has 6 nitrogen and oxygen atoms in total. The quantitative estimate of drug-likeness (QED) is 0.496. The average molecular weight is 471 g/mol. The minimum Gasteiger partial charge on any atom is -0.493 e. The second-order valence-electron chi connectivity index (χ2n) is 7.43. The summed E-state index contributed by atoms with van der Waals surface area (Å²) in [6.07, 6.45) is 0.405. The van der Waals surface area contributed by atoms with E-state index in [0.717, 1.165) is 11.1 Å². The van der Waals surface area contributed by atoms with Gasteiger partial charge in [0.25, 0.3) is 10.0 Å². The number of ether oxygens (including phenoxy) is 2. The van der Waals surface area contributed by atoms with Crippen LogP contribution >= 0.6 is 11.6 Å². The molecule has 1 atom stereocenters. The number of hydrogen-bond donors (Lipinski definition) is 0. The monoisotopic (exact) mass is 470 g/mol. The maximum atomic E-state index is 13.7. The van der Waals surface area contributed by atoms with Gasteiger partial charge in [0.05, 0.1) is 30.9 Å². The van der Waals surface area contributed by atoms with E-state index >= 15 is 0 Å². The van der Waals surface area contributed by atoms with Gasteiger partial charge in [-0.05, 0) is 54.4 Å². The first-order valence-electron chi connectivity index (χ1n) is 10.0. The Balaban J connectivity index is 1.82. The van der Waals surface area contributed by atoms with Gasteiger partial charge in [0.2, 0.25) is 0 Å². The minimum atomic E-state index is -3.89. The third kappa shape index (κ3) is 4.06. The molecule has 1 aliphatic rings. The van der Waals surface area contributed by atoms with Crippen molar-refractivity contribution in [1.29, 1.82) is 0 Å². The Morgan fingerprint density at radius 1 is 0.969 bits per heavy atom. The predicted molar refractivity (Wildman–Crippen MR) is 125 cm³/mol. The molecule has 4 rings (SSSR count). The van der Waals surface area contributed by atoms with Crippen LogP contribution in [0.4, 0.5) is 0 Å². The molecule has 1 heterocycles. The molecule has 0 saturated carbocycles. The molecule has 8 heteroatoms. The van der Waals surface area contributed by atoms with Crippen LogP contribution in [0.3, 0.4) is 0 Å². The SMILES string of the molecule is COc1ccc(C2=NN(S(=O)(=O)c3ccccc3C)C(c3ccc(Cl)cc3)C2)cc1OC. The second kappa shape index (κ2) is 8.84. The Labute approximate surface area is 193 Å². The number of aryl methyl sites for hydroxylation is 1. The van der Waals surface area contributed by atoms with Crippen molar-refractivity contribution in [2.75, 3.05) is 14.2 Å². The summed E-state index contributed by atoms with van der Waals surface area (Å²) in [5.41, 5.74) is 2.88. The van der Waals surface area contributed by atoms with Crippen molar-refractivity contribution in [2.24, 2.45) is 5.10 Å². The van der Waals surface area contributed by atoms with Crippen molar-refractivity contribution in [3.8, 4) is 11.5 Å². The van der Waals surface area contributed by atoms with Crippen LogP contribution in [0.2, 0.25) is 5.02 Å². The Morgan fingerprint density at radius 2 is 1.66 bits per heavy atom. The fraction of sp³-hybridized carbons (Fsp3) is 0.208. The van der Waals surface area contributed by atoms with E-state index in [0.29, 0.717) is 34.2 Å². The summed E-state index contributed by atoms with van der Waals surface area (Å²) in [6, 6.07) is 19.0. The van der Waals surface area contributed by atoms with Crippen molar-refractivity contribution in [2.45, 2.75) is 24.3 Å². The molecule has 3 aromatic rings. The number of sulfonamides is 1. The van der Waals surface area contributed by atoms with Gasteiger partial charge in [0, 0.05) is 17.0 Å². The highest BCUT2D eigenvalue weighted by molar-refractivity contribution is 7.89. The summed E-state index contributed by atoms with van der Waals surface area (Å²) in [5.74, 6) is 1.14.